The molecule has 106 valence electrons. The molecule has 0 heterocycles. The van der Waals surface area contributed by atoms with Crippen molar-refractivity contribution < 1.29 is 14.6 Å². The van der Waals surface area contributed by atoms with Crippen LogP contribution >= 0.6 is 0 Å². The molecular weight excluding hydrogens is 230 g/mol. The summed E-state index contributed by atoms with van der Waals surface area (Å²) in [5.41, 5.74) is -0.607. The van der Waals surface area contributed by atoms with E-state index >= 15 is 0 Å². The third-order valence-electron chi connectivity index (χ3n) is 4.10. The lowest BCUT2D eigenvalue weighted by atomic mass is 9.81. The molecule has 18 heavy (non-hydrogen) atoms. The van der Waals surface area contributed by atoms with Gasteiger partial charge in [-0.2, -0.15) is 0 Å². The predicted molar refractivity (Wildman–Crippen MR) is 71.7 cm³/mol. The van der Waals surface area contributed by atoms with E-state index in [1.54, 1.807) is 0 Å². The van der Waals surface area contributed by atoms with E-state index in [0.717, 1.165) is 12.8 Å². The van der Waals surface area contributed by atoms with E-state index < -0.39 is 11.4 Å². The number of carbonyl (C=O) groups is 1. The molecule has 0 bridgehead atoms. The van der Waals surface area contributed by atoms with E-state index in [4.69, 9.17) is 4.74 Å². The van der Waals surface area contributed by atoms with Crippen LogP contribution in [0.1, 0.15) is 53.4 Å². The monoisotopic (exact) mass is 257 g/mol. The van der Waals surface area contributed by atoms with E-state index in [2.05, 4.69) is 5.32 Å². The summed E-state index contributed by atoms with van der Waals surface area (Å²) >= 11 is 0. The van der Waals surface area contributed by atoms with E-state index in [1.165, 1.54) is 0 Å². The van der Waals surface area contributed by atoms with E-state index in [0.29, 0.717) is 31.5 Å². The third kappa shape index (κ3) is 3.69. The molecule has 1 rings (SSSR count). The van der Waals surface area contributed by atoms with Crippen LogP contribution in [0.15, 0.2) is 0 Å². The first-order valence-corrected chi connectivity index (χ1v) is 7.05. The SMILES string of the molecule is CCC(CC)(CNC1CC(OC(C)C)C1)C(=O)O. The van der Waals surface area contributed by atoms with Crippen molar-refractivity contribution in [2.75, 3.05) is 6.54 Å². The summed E-state index contributed by atoms with van der Waals surface area (Å²) in [6.07, 6.45) is 3.97. The highest BCUT2D eigenvalue weighted by atomic mass is 16.5. The predicted octanol–water partition coefficient (Wildman–Crippen LogP) is 2.42. The van der Waals surface area contributed by atoms with Crippen molar-refractivity contribution in [2.24, 2.45) is 5.41 Å². The molecule has 1 aliphatic carbocycles. The van der Waals surface area contributed by atoms with Crippen LogP contribution in [0, 0.1) is 5.41 Å². The number of carboxylic acid groups (broad SMARTS) is 1. The molecule has 0 aromatic carbocycles. The van der Waals surface area contributed by atoms with Gasteiger partial charge in [0.25, 0.3) is 0 Å². The molecule has 0 unspecified atom stereocenters. The van der Waals surface area contributed by atoms with Gasteiger partial charge in [0.05, 0.1) is 17.6 Å². The quantitative estimate of drug-likeness (QED) is 0.701. The first-order chi connectivity index (χ1) is 8.43. The molecule has 1 fully saturated rings. The van der Waals surface area contributed by atoms with Crippen molar-refractivity contribution in [3.05, 3.63) is 0 Å². The third-order valence-corrected chi connectivity index (χ3v) is 4.10. The molecule has 0 amide bonds. The second kappa shape index (κ2) is 6.53. The second-order valence-electron chi connectivity index (χ2n) is 5.65. The van der Waals surface area contributed by atoms with Crippen molar-refractivity contribution in [3.63, 3.8) is 0 Å². The maximum absolute atomic E-state index is 11.3. The Morgan fingerprint density at radius 3 is 2.33 bits per heavy atom. The summed E-state index contributed by atoms with van der Waals surface area (Å²) in [6, 6.07) is 0.422. The van der Waals surface area contributed by atoms with Crippen LogP contribution in [0.5, 0.6) is 0 Å². The highest BCUT2D eigenvalue weighted by Crippen LogP contribution is 2.29. The molecule has 2 N–H and O–H groups in total. The number of rotatable bonds is 8. The molecule has 0 aliphatic heterocycles. The van der Waals surface area contributed by atoms with Crippen LogP contribution in [0.4, 0.5) is 0 Å². The lowest BCUT2D eigenvalue weighted by molar-refractivity contribution is -0.149. The molecule has 1 saturated carbocycles. The van der Waals surface area contributed by atoms with Crippen molar-refractivity contribution in [1.29, 1.82) is 0 Å². The summed E-state index contributed by atoms with van der Waals surface area (Å²) < 4.78 is 5.69. The fourth-order valence-electron chi connectivity index (χ4n) is 2.45. The number of ether oxygens (including phenoxy) is 1. The van der Waals surface area contributed by atoms with Gasteiger partial charge in [-0.05, 0) is 39.5 Å². The summed E-state index contributed by atoms with van der Waals surface area (Å²) in [7, 11) is 0. The van der Waals surface area contributed by atoms with Crippen molar-refractivity contribution in [1.82, 2.24) is 5.32 Å². The normalized spacial score (nSPS) is 24.1. The maximum atomic E-state index is 11.3. The Labute approximate surface area is 110 Å². The fourth-order valence-corrected chi connectivity index (χ4v) is 2.45. The number of aliphatic carboxylic acids is 1. The largest absolute Gasteiger partial charge is 0.481 e. The minimum absolute atomic E-state index is 0.278. The van der Waals surface area contributed by atoms with Crippen molar-refractivity contribution >= 4 is 5.97 Å². The zero-order chi connectivity index (χ0) is 13.8. The molecule has 1 aliphatic rings. The molecule has 0 spiro atoms. The van der Waals surface area contributed by atoms with Gasteiger partial charge >= 0.3 is 5.97 Å². The Hall–Kier alpha value is -0.610. The first-order valence-electron chi connectivity index (χ1n) is 7.05. The topological polar surface area (TPSA) is 58.6 Å². The maximum Gasteiger partial charge on any atom is 0.310 e. The van der Waals surface area contributed by atoms with Gasteiger partial charge in [0.15, 0.2) is 0 Å². The first kappa shape index (κ1) is 15.4. The lowest BCUT2D eigenvalue weighted by Crippen LogP contribution is -2.51. The van der Waals surface area contributed by atoms with Gasteiger partial charge in [0, 0.05) is 12.6 Å². The average Bonchev–Trinajstić information content (AvgIpc) is 2.26. The molecule has 0 radical (unpaired) electrons. The minimum atomic E-state index is -0.686. The van der Waals surface area contributed by atoms with Gasteiger partial charge in [-0.15, -0.1) is 0 Å². The van der Waals surface area contributed by atoms with Crippen LogP contribution in [0.25, 0.3) is 0 Å². The smallest absolute Gasteiger partial charge is 0.310 e. The molecule has 0 saturated heterocycles. The van der Waals surface area contributed by atoms with Crippen LogP contribution in [0.3, 0.4) is 0 Å². The van der Waals surface area contributed by atoms with Crippen LogP contribution < -0.4 is 5.32 Å². The Morgan fingerprint density at radius 2 is 1.94 bits per heavy atom. The van der Waals surface area contributed by atoms with Gasteiger partial charge in [-0.1, -0.05) is 13.8 Å². The Kier molecular flexibility index (Phi) is 5.60. The van der Waals surface area contributed by atoms with Crippen LogP contribution in [0.2, 0.25) is 0 Å². The molecular formula is C14H27NO3. The van der Waals surface area contributed by atoms with Gasteiger partial charge in [-0.25, -0.2) is 0 Å². The minimum Gasteiger partial charge on any atom is -0.481 e. The number of nitrogens with one attached hydrogen (secondary N) is 1. The van der Waals surface area contributed by atoms with Gasteiger partial charge in [0.2, 0.25) is 0 Å². The zero-order valence-electron chi connectivity index (χ0n) is 12.0. The summed E-state index contributed by atoms with van der Waals surface area (Å²) in [5.74, 6) is -0.686. The van der Waals surface area contributed by atoms with Gasteiger partial charge in [0.1, 0.15) is 0 Å². The second-order valence-corrected chi connectivity index (χ2v) is 5.65. The highest BCUT2D eigenvalue weighted by molar-refractivity contribution is 5.74. The van der Waals surface area contributed by atoms with Gasteiger partial charge in [-0.3, -0.25) is 4.79 Å². The molecule has 4 heteroatoms. The Bertz CT molecular complexity index is 268. The molecule has 4 nitrogen and oxygen atoms in total. The van der Waals surface area contributed by atoms with E-state index in [-0.39, 0.29) is 6.10 Å². The Balaban J connectivity index is 2.31. The van der Waals surface area contributed by atoms with E-state index in [1.807, 2.05) is 27.7 Å². The summed E-state index contributed by atoms with van der Waals surface area (Å²) in [6.45, 7) is 8.55. The molecule has 0 aromatic heterocycles. The van der Waals surface area contributed by atoms with Crippen molar-refractivity contribution in [3.8, 4) is 0 Å². The average molecular weight is 257 g/mol. The highest BCUT2D eigenvalue weighted by Gasteiger charge is 2.37. The Morgan fingerprint density at radius 1 is 1.39 bits per heavy atom. The van der Waals surface area contributed by atoms with Gasteiger partial charge < -0.3 is 15.2 Å². The zero-order valence-corrected chi connectivity index (χ0v) is 12.0. The van der Waals surface area contributed by atoms with Crippen molar-refractivity contribution in [2.45, 2.75) is 71.6 Å². The number of hydrogen-bond donors (Lipinski definition) is 2. The van der Waals surface area contributed by atoms with Crippen LogP contribution in [-0.2, 0) is 9.53 Å². The molecule has 0 aromatic rings. The van der Waals surface area contributed by atoms with E-state index in [9.17, 15) is 9.90 Å². The standard InChI is InChI=1S/C14H27NO3/c1-5-14(6-2,13(16)17)9-15-11-7-12(8-11)18-10(3)4/h10-12,15H,5-9H2,1-4H3,(H,16,17). The number of carboxylic acids is 1. The number of hydrogen-bond acceptors (Lipinski definition) is 3. The fraction of sp³-hybridized carbons (Fsp3) is 0.929. The molecule has 0 atom stereocenters. The summed E-state index contributed by atoms with van der Waals surface area (Å²) in [4.78, 5) is 11.3. The van der Waals surface area contributed by atoms with Crippen LogP contribution in [-0.4, -0.2) is 35.9 Å². The lowest BCUT2D eigenvalue weighted by Gasteiger charge is -2.39. The summed E-state index contributed by atoms with van der Waals surface area (Å²) in [5, 5.41) is 12.7.